The lowest BCUT2D eigenvalue weighted by atomic mass is 9.97. The van der Waals surface area contributed by atoms with E-state index in [0.29, 0.717) is 10.5 Å². The first-order valence-electron chi connectivity index (χ1n) is 6.51. The number of para-hydroxylation sites is 1. The number of benzene rings is 2. The van der Waals surface area contributed by atoms with Crippen molar-refractivity contribution in [1.29, 1.82) is 0 Å². The topological polar surface area (TPSA) is 37.4 Å². The lowest BCUT2D eigenvalue weighted by molar-refractivity contribution is -0.137. The summed E-state index contributed by atoms with van der Waals surface area (Å²) in [4.78, 5) is 25.2. The minimum Gasteiger partial charge on any atom is -0.274 e. The van der Waals surface area contributed by atoms with Crippen LogP contribution in [-0.4, -0.2) is 11.8 Å². The van der Waals surface area contributed by atoms with Crippen molar-refractivity contribution >= 4 is 17.5 Å². The van der Waals surface area contributed by atoms with Crippen LogP contribution >= 0.6 is 0 Å². The number of nitrogens with zero attached hydrogens (tertiary/aromatic N) is 1. The van der Waals surface area contributed by atoms with Gasteiger partial charge >= 0.3 is 6.18 Å². The number of anilines is 1. The van der Waals surface area contributed by atoms with Gasteiger partial charge in [-0.25, -0.2) is 4.90 Å². The monoisotopic (exact) mass is 305 g/mol. The molecule has 2 amide bonds. The van der Waals surface area contributed by atoms with Crippen molar-refractivity contribution < 1.29 is 22.8 Å². The molecular weight excluding hydrogens is 295 g/mol. The maximum absolute atomic E-state index is 13.1. The van der Waals surface area contributed by atoms with Crippen LogP contribution in [0.15, 0.2) is 48.5 Å². The standard InChI is InChI=1S/C16H10F3NO2/c17-16(18,19)12-7-3-4-8-13(12)20-14(21)9-10-5-1-2-6-11(10)15(20)22/h1-8H,9H2. The molecule has 1 aliphatic heterocycles. The zero-order valence-electron chi connectivity index (χ0n) is 11.2. The van der Waals surface area contributed by atoms with Crippen molar-refractivity contribution in [2.75, 3.05) is 4.90 Å². The van der Waals surface area contributed by atoms with E-state index in [2.05, 4.69) is 0 Å². The quantitative estimate of drug-likeness (QED) is 0.757. The molecule has 0 aromatic heterocycles. The van der Waals surface area contributed by atoms with Gasteiger partial charge in [-0.3, -0.25) is 9.59 Å². The SMILES string of the molecule is O=C1Cc2ccccc2C(=O)N1c1ccccc1C(F)(F)F. The fraction of sp³-hybridized carbons (Fsp3) is 0.125. The van der Waals surface area contributed by atoms with E-state index >= 15 is 0 Å². The maximum atomic E-state index is 13.1. The van der Waals surface area contributed by atoms with Crippen LogP contribution < -0.4 is 4.90 Å². The smallest absolute Gasteiger partial charge is 0.274 e. The summed E-state index contributed by atoms with van der Waals surface area (Å²) in [6.07, 6.45) is -4.75. The highest BCUT2D eigenvalue weighted by atomic mass is 19.4. The van der Waals surface area contributed by atoms with Gasteiger partial charge in [-0.05, 0) is 23.8 Å². The van der Waals surface area contributed by atoms with Gasteiger partial charge in [0, 0.05) is 5.56 Å². The van der Waals surface area contributed by atoms with Gasteiger partial charge in [0.15, 0.2) is 0 Å². The number of hydrogen-bond acceptors (Lipinski definition) is 2. The molecule has 1 heterocycles. The molecule has 0 saturated carbocycles. The maximum Gasteiger partial charge on any atom is 0.418 e. The molecule has 6 heteroatoms. The van der Waals surface area contributed by atoms with Crippen molar-refractivity contribution in [3.63, 3.8) is 0 Å². The lowest BCUT2D eigenvalue weighted by Gasteiger charge is -2.28. The first-order valence-corrected chi connectivity index (χ1v) is 6.51. The van der Waals surface area contributed by atoms with E-state index < -0.39 is 29.2 Å². The molecule has 112 valence electrons. The molecule has 2 aromatic carbocycles. The fourth-order valence-electron chi connectivity index (χ4n) is 2.51. The van der Waals surface area contributed by atoms with E-state index in [9.17, 15) is 22.8 Å². The van der Waals surface area contributed by atoms with Crippen molar-refractivity contribution in [3.8, 4) is 0 Å². The van der Waals surface area contributed by atoms with Crippen LogP contribution in [0.3, 0.4) is 0 Å². The van der Waals surface area contributed by atoms with E-state index in [-0.39, 0.29) is 12.0 Å². The Labute approximate surface area is 124 Å². The van der Waals surface area contributed by atoms with Crippen molar-refractivity contribution in [1.82, 2.24) is 0 Å². The molecule has 0 bridgehead atoms. The summed E-state index contributed by atoms with van der Waals surface area (Å²) < 4.78 is 39.3. The van der Waals surface area contributed by atoms with E-state index in [1.807, 2.05) is 0 Å². The fourth-order valence-corrected chi connectivity index (χ4v) is 2.51. The van der Waals surface area contributed by atoms with Gasteiger partial charge < -0.3 is 0 Å². The summed E-state index contributed by atoms with van der Waals surface area (Å²) in [6, 6.07) is 11.0. The highest BCUT2D eigenvalue weighted by Crippen LogP contribution is 2.38. The Hall–Kier alpha value is -2.63. The first kappa shape index (κ1) is 14.3. The number of amides is 2. The Morgan fingerprint density at radius 1 is 0.909 bits per heavy atom. The average molecular weight is 305 g/mol. The third-order valence-corrected chi connectivity index (χ3v) is 3.49. The van der Waals surface area contributed by atoms with Crippen LogP contribution in [0, 0.1) is 0 Å². The number of alkyl halides is 3. The van der Waals surface area contributed by atoms with Crippen LogP contribution in [0.4, 0.5) is 18.9 Å². The molecular formula is C16H10F3NO2. The second kappa shape index (κ2) is 4.98. The molecule has 0 N–H and O–H groups in total. The predicted octanol–water partition coefficient (Wildman–Crippen LogP) is 3.43. The van der Waals surface area contributed by atoms with E-state index in [4.69, 9.17) is 0 Å². The molecule has 1 aliphatic rings. The molecule has 0 fully saturated rings. The molecule has 3 rings (SSSR count). The van der Waals surface area contributed by atoms with Crippen molar-refractivity contribution in [2.45, 2.75) is 12.6 Å². The molecule has 0 radical (unpaired) electrons. The van der Waals surface area contributed by atoms with E-state index in [0.717, 1.165) is 12.1 Å². The Balaban J connectivity index is 2.15. The number of carbonyl (C=O) groups is 2. The second-order valence-electron chi connectivity index (χ2n) is 4.88. The van der Waals surface area contributed by atoms with E-state index in [1.165, 1.54) is 18.2 Å². The van der Waals surface area contributed by atoms with Crippen LogP contribution in [0.1, 0.15) is 21.5 Å². The highest BCUT2D eigenvalue weighted by molar-refractivity contribution is 6.25. The minimum atomic E-state index is -4.64. The third-order valence-electron chi connectivity index (χ3n) is 3.49. The van der Waals surface area contributed by atoms with Crippen molar-refractivity contribution in [2.24, 2.45) is 0 Å². The van der Waals surface area contributed by atoms with Crippen LogP contribution in [0.5, 0.6) is 0 Å². The predicted molar refractivity (Wildman–Crippen MR) is 73.4 cm³/mol. The molecule has 22 heavy (non-hydrogen) atoms. The summed E-state index contributed by atoms with van der Waals surface area (Å²) in [5.41, 5.74) is -0.659. The molecule has 2 aromatic rings. The summed E-state index contributed by atoms with van der Waals surface area (Å²) in [6.45, 7) is 0. The van der Waals surface area contributed by atoms with Gasteiger partial charge in [-0.2, -0.15) is 13.2 Å². The number of imide groups is 1. The van der Waals surface area contributed by atoms with Crippen molar-refractivity contribution in [3.05, 3.63) is 65.2 Å². The minimum absolute atomic E-state index is 0.103. The molecule has 0 aliphatic carbocycles. The van der Waals surface area contributed by atoms with Gasteiger partial charge in [0.25, 0.3) is 5.91 Å². The summed E-state index contributed by atoms with van der Waals surface area (Å²) >= 11 is 0. The molecule has 0 unspecified atom stereocenters. The Morgan fingerprint density at radius 3 is 2.27 bits per heavy atom. The number of carbonyl (C=O) groups excluding carboxylic acids is 2. The van der Waals surface area contributed by atoms with Gasteiger partial charge in [-0.15, -0.1) is 0 Å². The van der Waals surface area contributed by atoms with E-state index in [1.54, 1.807) is 18.2 Å². The number of fused-ring (bicyclic) bond motifs is 1. The summed E-state index contributed by atoms with van der Waals surface area (Å²) in [5.74, 6) is -1.40. The third kappa shape index (κ3) is 2.26. The zero-order chi connectivity index (χ0) is 15.9. The normalized spacial score (nSPS) is 15.0. The molecule has 3 nitrogen and oxygen atoms in total. The number of hydrogen-bond donors (Lipinski definition) is 0. The molecule has 0 spiro atoms. The van der Waals surface area contributed by atoms with Crippen LogP contribution in [0.2, 0.25) is 0 Å². The Kier molecular flexibility index (Phi) is 3.24. The first-order chi connectivity index (χ1) is 10.4. The second-order valence-corrected chi connectivity index (χ2v) is 4.88. The Bertz CT molecular complexity index is 768. The summed E-state index contributed by atoms with van der Waals surface area (Å²) in [5, 5.41) is 0. The van der Waals surface area contributed by atoms with Crippen LogP contribution in [-0.2, 0) is 17.4 Å². The highest BCUT2D eigenvalue weighted by Gasteiger charge is 2.39. The molecule has 0 saturated heterocycles. The number of rotatable bonds is 1. The Morgan fingerprint density at radius 2 is 1.55 bits per heavy atom. The largest absolute Gasteiger partial charge is 0.418 e. The zero-order valence-corrected chi connectivity index (χ0v) is 11.2. The van der Waals surface area contributed by atoms with Gasteiger partial charge in [0.2, 0.25) is 5.91 Å². The summed E-state index contributed by atoms with van der Waals surface area (Å²) in [7, 11) is 0. The molecule has 0 atom stereocenters. The number of halogens is 3. The van der Waals surface area contributed by atoms with Crippen LogP contribution in [0.25, 0.3) is 0 Å². The van der Waals surface area contributed by atoms with Gasteiger partial charge in [0.05, 0.1) is 17.7 Å². The average Bonchev–Trinajstić information content (AvgIpc) is 2.47. The van der Waals surface area contributed by atoms with Gasteiger partial charge in [0.1, 0.15) is 0 Å². The van der Waals surface area contributed by atoms with Gasteiger partial charge in [-0.1, -0.05) is 30.3 Å². The lowest BCUT2D eigenvalue weighted by Crippen LogP contribution is -2.43.